The van der Waals surface area contributed by atoms with Crippen molar-refractivity contribution in [3.8, 4) is 0 Å². The summed E-state index contributed by atoms with van der Waals surface area (Å²) < 4.78 is 15.1. The molecule has 0 aromatic carbocycles. The Labute approximate surface area is 70.9 Å². The van der Waals surface area contributed by atoms with E-state index < -0.39 is 18.7 Å². The van der Waals surface area contributed by atoms with Crippen molar-refractivity contribution < 1.29 is 23.9 Å². The highest BCUT2D eigenvalue weighted by atomic mass is 31.2. The van der Waals surface area contributed by atoms with E-state index in [9.17, 15) is 9.36 Å². The highest BCUT2D eigenvalue weighted by Crippen LogP contribution is 2.51. The molecule has 0 radical (unpaired) electrons. The molecule has 0 fully saturated rings. The highest BCUT2D eigenvalue weighted by Gasteiger charge is 2.39. The highest BCUT2D eigenvalue weighted by molar-refractivity contribution is 7.53. The molecule has 0 aliphatic rings. The summed E-state index contributed by atoms with van der Waals surface area (Å²) in [5, 5.41) is -1.35. The van der Waals surface area contributed by atoms with Crippen LogP contribution in [0.2, 0.25) is 0 Å². The van der Waals surface area contributed by atoms with Crippen molar-refractivity contribution in [2.75, 3.05) is 7.11 Å². The normalized spacial score (nSPS) is 12.8. The van der Waals surface area contributed by atoms with Crippen molar-refractivity contribution in [1.29, 1.82) is 0 Å². The number of ether oxygens (including phenoxy) is 1. The van der Waals surface area contributed by atoms with Crippen LogP contribution >= 0.6 is 7.60 Å². The number of methoxy groups -OCH3 is 1. The van der Waals surface area contributed by atoms with Gasteiger partial charge in [-0.15, -0.1) is 0 Å². The fourth-order valence-corrected chi connectivity index (χ4v) is 0.863. The molecule has 12 heavy (non-hydrogen) atoms. The zero-order valence-electron chi connectivity index (χ0n) is 7.27. The molecule has 0 heterocycles. The van der Waals surface area contributed by atoms with Gasteiger partial charge in [-0.05, 0) is 13.8 Å². The van der Waals surface area contributed by atoms with E-state index in [1.54, 1.807) is 0 Å². The van der Waals surface area contributed by atoms with Gasteiger partial charge in [0.15, 0.2) is 0 Å². The number of rotatable bonds is 3. The molecule has 0 amide bonds. The lowest BCUT2D eigenvalue weighted by atomic mass is 10.1. The first kappa shape index (κ1) is 11.6. The van der Waals surface area contributed by atoms with Crippen LogP contribution in [-0.4, -0.2) is 28.0 Å². The maximum atomic E-state index is 10.8. The van der Waals surface area contributed by atoms with E-state index in [1.807, 2.05) is 0 Å². The van der Waals surface area contributed by atoms with Crippen molar-refractivity contribution >= 4 is 13.6 Å². The van der Waals surface area contributed by atoms with Crippen LogP contribution in [0.15, 0.2) is 0 Å². The second-order valence-corrected chi connectivity index (χ2v) is 5.41. The van der Waals surface area contributed by atoms with Crippen LogP contribution in [0.4, 0.5) is 0 Å². The average molecular weight is 196 g/mol. The Morgan fingerprint density at radius 2 is 1.92 bits per heavy atom. The van der Waals surface area contributed by atoms with Gasteiger partial charge in [0.05, 0.1) is 18.7 Å². The minimum absolute atomic E-state index is 0.284. The van der Waals surface area contributed by atoms with Crippen molar-refractivity contribution in [1.82, 2.24) is 0 Å². The van der Waals surface area contributed by atoms with Gasteiger partial charge in [-0.3, -0.25) is 9.36 Å². The van der Waals surface area contributed by atoms with E-state index >= 15 is 0 Å². The first-order valence-electron chi connectivity index (χ1n) is 3.33. The van der Waals surface area contributed by atoms with Gasteiger partial charge in [-0.2, -0.15) is 0 Å². The molecular weight excluding hydrogens is 183 g/mol. The summed E-state index contributed by atoms with van der Waals surface area (Å²) in [6.07, 6.45) is -0.284. The van der Waals surface area contributed by atoms with Crippen LogP contribution in [0.3, 0.4) is 0 Å². The predicted octanol–water partition coefficient (Wildman–Crippen LogP) is 0.506. The van der Waals surface area contributed by atoms with E-state index in [1.165, 1.54) is 21.0 Å². The topological polar surface area (TPSA) is 83.8 Å². The third kappa shape index (κ3) is 2.93. The maximum Gasteiger partial charge on any atom is 0.331 e. The lowest BCUT2D eigenvalue weighted by Crippen LogP contribution is -2.24. The molecule has 0 aliphatic carbocycles. The molecule has 0 saturated heterocycles. The van der Waals surface area contributed by atoms with Gasteiger partial charge in [0.2, 0.25) is 0 Å². The molecule has 0 rings (SSSR count). The van der Waals surface area contributed by atoms with E-state index in [0.29, 0.717) is 0 Å². The van der Waals surface area contributed by atoms with Gasteiger partial charge in [0.25, 0.3) is 0 Å². The minimum atomic E-state index is -4.24. The quantitative estimate of drug-likeness (QED) is 0.507. The number of hydrogen-bond donors (Lipinski definition) is 2. The van der Waals surface area contributed by atoms with E-state index in [4.69, 9.17) is 9.79 Å². The van der Waals surface area contributed by atoms with Gasteiger partial charge in [0.1, 0.15) is 0 Å². The third-order valence-electron chi connectivity index (χ3n) is 1.59. The van der Waals surface area contributed by atoms with Crippen molar-refractivity contribution in [2.45, 2.75) is 25.4 Å². The fraction of sp³-hybridized carbons (Fsp3) is 0.833. The summed E-state index contributed by atoms with van der Waals surface area (Å²) >= 11 is 0. The van der Waals surface area contributed by atoms with Gasteiger partial charge in [-0.25, -0.2) is 0 Å². The molecular formula is C6H13O5P. The van der Waals surface area contributed by atoms with Gasteiger partial charge in [-0.1, -0.05) is 0 Å². The fourth-order valence-electron chi connectivity index (χ4n) is 0.528. The van der Waals surface area contributed by atoms with Crippen molar-refractivity contribution in [3.63, 3.8) is 0 Å². The molecule has 72 valence electrons. The Kier molecular flexibility index (Phi) is 3.45. The SMILES string of the molecule is COC(=O)CC(C)(C)P(=O)(O)O. The second-order valence-electron chi connectivity index (χ2n) is 3.11. The molecule has 0 spiro atoms. The number of carbonyl (C=O) groups is 1. The molecule has 0 aromatic heterocycles. The van der Waals surface area contributed by atoms with Gasteiger partial charge >= 0.3 is 13.6 Å². The number of hydrogen-bond acceptors (Lipinski definition) is 3. The minimum Gasteiger partial charge on any atom is -0.469 e. The predicted molar refractivity (Wildman–Crippen MR) is 42.8 cm³/mol. The van der Waals surface area contributed by atoms with Crippen LogP contribution in [0.1, 0.15) is 20.3 Å². The summed E-state index contributed by atoms with van der Waals surface area (Å²) in [7, 11) is -3.06. The Bertz CT molecular complexity index is 216. The van der Waals surface area contributed by atoms with E-state index in [2.05, 4.69) is 4.74 Å². The van der Waals surface area contributed by atoms with Crippen molar-refractivity contribution in [3.05, 3.63) is 0 Å². The summed E-state index contributed by atoms with van der Waals surface area (Å²) in [5.74, 6) is -0.622. The molecule has 0 saturated carbocycles. The zero-order valence-corrected chi connectivity index (χ0v) is 8.17. The smallest absolute Gasteiger partial charge is 0.331 e. The maximum absolute atomic E-state index is 10.8. The Morgan fingerprint density at radius 3 is 2.17 bits per heavy atom. The molecule has 2 N–H and O–H groups in total. The first-order valence-corrected chi connectivity index (χ1v) is 4.94. The van der Waals surface area contributed by atoms with Crippen LogP contribution in [-0.2, 0) is 14.1 Å². The zero-order chi connectivity index (χ0) is 9.99. The summed E-state index contributed by atoms with van der Waals surface area (Å²) in [5.41, 5.74) is 0. The van der Waals surface area contributed by atoms with Crippen LogP contribution in [0.5, 0.6) is 0 Å². The largest absolute Gasteiger partial charge is 0.469 e. The molecule has 0 unspecified atom stereocenters. The summed E-state index contributed by atoms with van der Waals surface area (Å²) in [6.45, 7) is 2.65. The van der Waals surface area contributed by atoms with Crippen molar-refractivity contribution in [2.24, 2.45) is 0 Å². The molecule has 0 aliphatic heterocycles. The van der Waals surface area contributed by atoms with E-state index in [-0.39, 0.29) is 6.42 Å². The molecule has 5 nitrogen and oxygen atoms in total. The molecule has 6 heteroatoms. The summed E-state index contributed by atoms with van der Waals surface area (Å²) in [4.78, 5) is 28.3. The lowest BCUT2D eigenvalue weighted by molar-refractivity contribution is -0.141. The van der Waals surface area contributed by atoms with Gasteiger partial charge in [0, 0.05) is 0 Å². The van der Waals surface area contributed by atoms with Crippen LogP contribution in [0, 0.1) is 0 Å². The average Bonchev–Trinajstić information content (AvgIpc) is 1.84. The Morgan fingerprint density at radius 1 is 1.50 bits per heavy atom. The lowest BCUT2D eigenvalue weighted by Gasteiger charge is -2.23. The standard InChI is InChI=1S/C6H13O5P/c1-6(2,12(8,9)10)4-5(7)11-3/h4H2,1-3H3,(H2,8,9,10). The monoisotopic (exact) mass is 196 g/mol. The number of carbonyl (C=O) groups excluding carboxylic acids is 1. The second kappa shape index (κ2) is 3.56. The number of esters is 1. The third-order valence-corrected chi connectivity index (χ3v) is 3.33. The first-order chi connectivity index (χ1) is 5.20. The van der Waals surface area contributed by atoms with Crippen LogP contribution < -0.4 is 0 Å². The van der Waals surface area contributed by atoms with Gasteiger partial charge < -0.3 is 14.5 Å². The van der Waals surface area contributed by atoms with E-state index in [0.717, 1.165) is 0 Å². The molecule has 0 aromatic rings. The summed E-state index contributed by atoms with van der Waals surface area (Å²) in [6, 6.07) is 0. The molecule has 0 bridgehead atoms. The Balaban J connectivity index is 4.44. The molecule has 0 atom stereocenters. The Hall–Kier alpha value is -0.380. The van der Waals surface area contributed by atoms with Crippen LogP contribution in [0.25, 0.3) is 0 Å².